The van der Waals surface area contributed by atoms with Crippen LogP contribution >= 0.6 is 23.0 Å². The van der Waals surface area contributed by atoms with E-state index in [1.807, 2.05) is 35.1 Å². The number of hydrogen-bond acceptors (Lipinski definition) is 3. The highest BCUT2D eigenvalue weighted by Gasteiger charge is 2.03. The quantitative estimate of drug-likeness (QED) is 0.633. The van der Waals surface area contributed by atoms with Crippen LogP contribution < -0.4 is 0 Å². The zero-order valence-corrected chi connectivity index (χ0v) is 9.28. The summed E-state index contributed by atoms with van der Waals surface area (Å²) in [5, 5.41) is 0. The molecule has 13 heavy (non-hydrogen) atoms. The molecule has 0 spiro atoms. The first-order valence-electron chi connectivity index (χ1n) is 3.68. The lowest BCUT2D eigenvalue weighted by atomic mass is 10.1. The number of ether oxygens (including phenoxy) is 1. The molecule has 0 amide bonds. The van der Waals surface area contributed by atoms with Gasteiger partial charge in [0.15, 0.2) is 0 Å². The van der Waals surface area contributed by atoms with Crippen LogP contribution in [-0.2, 0) is 14.4 Å². The van der Waals surface area contributed by atoms with Crippen molar-refractivity contribution in [2.75, 3.05) is 7.11 Å². The van der Waals surface area contributed by atoms with Crippen molar-refractivity contribution in [2.45, 2.75) is 6.61 Å². The van der Waals surface area contributed by atoms with Gasteiger partial charge in [-0.25, -0.2) is 4.79 Å². The fraction of sp³-hybridized carbons (Fsp3) is 0.222. The number of benzene rings is 1. The summed E-state index contributed by atoms with van der Waals surface area (Å²) >= 11 is 1.83. The zero-order chi connectivity index (χ0) is 9.68. The molecule has 0 radical (unpaired) electrons. The number of halogens is 1. The van der Waals surface area contributed by atoms with E-state index in [2.05, 4.69) is 4.74 Å². The summed E-state index contributed by atoms with van der Waals surface area (Å²) in [6.07, 6.45) is 0. The zero-order valence-electron chi connectivity index (χ0n) is 7.12. The summed E-state index contributed by atoms with van der Waals surface area (Å²) in [6.45, 7) is 0.544. The molecular weight excluding hydrogens is 283 g/mol. The lowest BCUT2D eigenvalue weighted by Gasteiger charge is -2.00. The van der Waals surface area contributed by atoms with Crippen LogP contribution in [0.1, 0.15) is 15.9 Å². The average molecular weight is 292 g/mol. The second-order valence-corrected chi connectivity index (χ2v) is 3.06. The molecule has 0 bridgehead atoms. The highest BCUT2D eigenvalue weighted by atomic mass is 127. The summed E-state index contributed by atoms with van der Waals surface area (Å²) in [4.78, 5) is 11.0. The summed E-state index contributed by atoms with van der Waals surface area (Å²) in [7, 11) is 1.37. The smallest absolute Gasteiger partial charge is 0.337 e. The van der Waals surface area contributed by atoms with E-state index in [0.29, 0.717) is 12.2 Å². The second-order valence-electron chi connectivity index (χ2n) is 2.44. The van der Waals surface area contributed by atoms with Crippen molar-refractivity contribution < 1.29 is 12.6 Å². The van der Waals surface area contributed by atoms with Crippen LogP contribution in [0.3, 0.4) is 0 Å². The average Bonchev–Trinajstić information content (AvgIpc) is 2.18. The minimum atomic E-state index is -0.318. The van der Waals surface area contributed by atoms with Gasteiger partial charge in [-0.15, -0.1) is 0 Å². The van der Waals surface area contributed by atoms with E-state index in [9.17, 15) is 4.79 Å². The molecule has 0 N–H and O–H groups in total. The molecule has 0 aliphatic heterocycles. The lowest BCUT2D eigenvalue weighted by molar-refractivity contribution is 0.0600. The van der Waals surface area contributed by atoms with Crippen LogP contribution in [0, 0.1) is 0 Å². The van der Waals surface area contributed by atoms with Gasteiger partial charge in [-0.3, -0.25) is 0 Å². The Morgan fingerprint density at radius 2 is 2.00 bits per heavy atom. The van der Waals surface area contributed by atoms with E-state index in [4.69, 9.17) is 3.07 Å². The van der Waals surface area contributed by atoms with Crippen LogP contribution in [0.2, 0.25) is 0 Å². The highest BCUT2D eigenvalue weighted by molar-refractivity contribution is 14.1. The maximum atomic E-state index is 11.0. The van der Waals surface area contributed by atoms with Crippen molar-refractivity contribution in [3.63, 3.8) is 0 Å². The Morgan fingerprint density at radius 3 is 2.46 bits per heavy atom. The van der Waals surface area contributed by atoms with E-state index in [1.54, 1.807) is 12.1 Å². The van der Waals surface area contributed by atoms with Crippen LogP contribution in [0.5, 0.6) is 0 Å². The number of rotatable bonds is 3. The van der Waals surface area contributed by atoms with Crippen LogP contribution in [0.25, 0.3) is 0 Å². The first-order chi connectivity index (χ1) is 6.27. The van der Waals surface area contributed by atoms with Crippen LogP contribution in [0.4, 0.5) is 0 Å². The largest absolute Gasteiger partial charge is 0.465 e. The fourth-order valence-corrected chi connectivity index (χ4v) is 1.28. The molecular formula is C9H9IO3. The van der Waals surface area contributed by atoms with E-state index in [0.717, 1.165) is 5.56 Å². The number of carbonyl (C=O) groups excluding carboxylic acids is 1. The van der Waals surface area contributed by atoms with Gasteiger partial charge in [0.05, 0.1) is 19.3 Å². The van der Waals surface area contributed by atoms with Crippen molar-refractivity contribution in [1.29, 1.82) is 0 Å². The Balaban J connectivity index is 2.75. The molecule has 1 aromatic rings. The third-order valence-corrected chi connectivity index (χ3v) is 1.91. The van der Waals surface area contributed by atoms with E-state index >= 15 is 0 Å². The number of esters is 1. The molecule has 3 nitrogen and oxygen atoms in total. The van der Waals surface area contributed by atoms with Crippen molar-refractivity contribution in [2.24, 2.45) is 0 Å². The normalized spacial score (nSPS) is 9.69. The second kappa shape index (κ2) is 5.18. The van der Waals surface area contributed by atoms with Gasteiger partial charge >= 0.3 is 5.97 Å². The Morgan fingerprint density at radius 1 is 1.38 bits per heavy atom. The topological polar surface area (TPSA) is 35.5 Å². The first-order valence-corrected chi connectivity index (χ1v) is 4.57. The Kier molecular flexibility index (Phi) is 4.17. The predicted molar refractivity (Wildman–Crippen MR) is 56.6 cm³/mol. The SMILES string of the molecule is COC(=O)c1ccc(COI)cc1. The summed E-state index contributed by atoms with van der Waals surface area (Å²) in [6, 6.07) is 7.11. The monoisotopic (exact) mass is 292 g/mol. The van der Waals surface area contributed by atoms with E-state index in [-0.39, 0.29) is 5.97 Å². The van der Waals surface area contributed by atoms with Gasteiger partial charge < -0.3 is 7.80 Å². The number of carbonyl (C=O) groups is 1. The third kappa shape index (κ3) is 2.96. The maximum Gasteiger partial charge on any atom is 0.337 e. The highest BCUT2D eigenvalue weighted by Crippen LogP contribution is 2.07. The molecule has 4 heteroatoms. The van der Waals surface area contributed by atoms with Crippen molar-refractivity contribution in [3.8, 4) is 0 Å². The third-order valence-electron chi connectivity index (χ3n) is 1.60. The van der Waals surface area contributed by atoms with Crippen LogP contribution in [-0.4, -0.2) is 13.1 Å². The minimum absolute atomic E-state index is 0.318. The summed E-state index contributed by atoms with van der Waals surface area (Å²) in [5.41, 5.74) is 1.58. The molecule has 1 rings (SSSR count). The van der Waals surface area contributed by atoms with Gasteiger partial charge in [0.25, 0.3) is 0 Å². The lowest BCUT2D eigenvalue weighted by Crippen LogP contribution is -2.00. The molecule has 0 atom stereocenters. The number of methoxy groups -OCH3 is 1. The molecule has 0 fully saturated rings. The molecule has 0 aliphatic rings. The predicted octanol–water partition coefficient (Wildman–Crippen LogP) is 2.34. The number of hydrogen-bond donors (Lipinski definition) is 0. The molecule has 1 aromatic carbocycles. The first kappa shape index (κ1) is 10.5. The molecule has 70 valence electrons. The van der Waals surface area contributed by atoms with Gasteiger partial charge in [0.2, 0.25) is 0 Å². The molecule has 0 unspecified atom stereocenters. The Labute approximate surface area is 90.7 Å². The Hall–Kier alpha value is -0.620. The molecule has 0 heterocycles. The fourth-order valence-electron chi connectivity index (χ4n) is 0.918. The van der Waals surface area contributed by atoms with Crippen molar-refractivity contribution in [1.82, 2.24) is 0 Å². The standard InChI is InChI=1S/C9H9IO3/c1-12-9(11)8-4-2-7(3-5-8)6-13-10/h2-5H,6H2,1H3. The van der Waals surface area contributed by atoms with E-state index in [1.165, 1.54) is 7.11 Å². The van der Waals surface area contributed by atoms with E-state index < -0.39 is 0 Å². The van der Waals surface area contributed by atoms with Gasteiger partial charge in [0.1, 0.15) is 23.0 Å². The van der Waals surface area contributed by atoms with Gasteiger partial charge in [0, 0.05) is 0 Å². The molecule has 0 aliphatic carbocycles. The van der Waals surface area contributed by atoms with Crippen molar-refractivity contribution in [3.05, 3.63) is 35.4 Å². The van der Waals surface area contributed by atoms with Gasteiger partial charge in [-0.2, -0.15) is 0 Å². The van der Waals surface area contributed by atoms with Crippen LogP contribution in [0.15, 0.2) is 24.3 Å². The summed E-state index contributed by atoms with van der Waals surface area (Å²) in [5.74, 6) is -0.318. The maximum absolute atomic E-state index is 11.0. The minimum Gasteiger partial charge on any atom is -0.465 e. The van der Waals surface area contributed by atoms with Gasteiger partial charge in [-0.05, 0) is 17.7 Å². The summed E-state index contributed by atoms with van der Waals surface area (Å²) < 4.78 is 9.47. The molecule has 0 saturated carbocycles. The Bertz CT molecular complexity index is 281. The van der Waals surface area contributed by atoms with Crippen molar-refractivity contribution >= 4 is 29.0 Å². The van der Waals surface area contributed by atoms with Gasteiger partial charge in [-0.1, -0.05) is 12.1 Å². The molecule has 0 saturated heterocycles. The molecule has 0 aromatic heterocycles.